The van der Waals surface area contributed by atoms with Gasteiger partial charge >= 0.3 is 0 Å². The summed E-state index contributed by atoms with van der Waals surface area (Å²) in [4.78, 5) is 2.36. The average Bonchev–Trinajstić information content (AvgIpc) is 1.99. The van der Waals surface area contributed by atoms with Gasteiger partial charge in [-0.15, -0.1) is 0 Å². The second kappa shape index (κ2) is 5.20. The number of alkyl halides is 1. The molecule has 2 nitrogen and oxygen atoms in total. The first kappa shape index (κ1) is 10.5. The van der Waals surface area contributed by atoms with Gasteiger partial charge < -0.3 is 10.0 Å². The Bertz CT molecular complexity index is 122. The lowest BCUT2D eigenvalue weighted by molar-refractivity contribution is 0.0451. The number of likely N-dealkylation sites (tertiary alicyclic amines) is 1. The van der Waals surface area contributed by atoms with Crippen LogP contribution < -0.4 is 0 Å². The first-order valence-electron chi connectivity index (χ1n) is 4.68. The predicted molar refractivity (Wildman–Crippen MR) is 54.6 cm³/mol. The van der Waals surface area contributed by atoms with Crippen LogP contribution in [0.25, 0.3) is 0 Å². The summed E-state index contributed by atoms with van der Waals surface area (Å²) in [7, 11) is 0. The first-order valence-corrected chi connectivity index (χ1v) is 5.81. The number of rotatable bonds is 3. The molecule has 72 valence electrons. The van der Waals surface area contributed by atoms with Gasteiger partial charge in [-0.3, -0.25) is 0 Å². The summed E-state index contributed by atoms with van der Waals surface area (Å²) in [5.41, 5.74) is 0. The maximum absolute atomic E-state index is 9.50. The Balaban J connectivity index is 2.24. The summed E-state index contributed by atoms with van der Waals surface area (Å²) in [6.45, 7) is 5.36. The first-order chi connectivity index (χ1) is 5.72. The van der Waals surface area contributed by atoms with E-state index in [2.05, 4.69) is 27.8 Å². The smallest absolute Gasteiger partial charge is 0.0670 e. The number of nitrogens with zero attached hydrogens (tertiary/aromatic N) is 1. The summed E-state index contributed by atoms with van der Waals surface area (Å²) in [5.74, 6) is 0.657. The minimum atomic E-state index is -0.0934. The molecule has 2 atom stereocenters. The van der Waals surface area contributed by atoms with Crippen molar-refractivity contribution in [3.05, 3.63) is 0 Å². The second-order valence-electron chi connectivity index (χ2n) is 3.80. The molecule has 0 aliphatic carbocycles. The highest BCUT2D eigenvalue weighted by Gasteiger charge is 2.21. The van der Waals surface area contributed by atoms with Crippen LogP contribution in [0.3, 0.4) is 0 Å². The summed E-state index contributed by atoms with van der Waals surface area (Å²) >= 11 is 3.42. The highest BCUT2D eigenvalue weighted by atomic mass is 79.9. The zero-order valence-electron chi connectivity index (χ0n) is 7.67. The molecule has 1 fully saturated rings. The van der Waals surface area contributed by atoms with E-state index >= 15 is 0 Å². The van der Waals surface area contributed by atoms with Gasteiger partial charge in [0.15, 0.2) is 0 Å². The minimum absolute atomic E-state index is 0.0934. The zero-order chi connectivity index (χ0) is 8.97. The highest BCUT2D eigenvalue weighted by Crippen LogP contribution is 2.16. The quantitative estimate of drug-likeness (QED) is 0.750. The molecule has 1 saturated heterocycles. The van der Waals surface area contributed by atoms with E-state index in [9.17, 15) is 5.11 Å². The van der Waals surface area contributed by atoms with E-state index in [-0.39, 0.29) is 6.10 Å². The summed E-state index contributed by atoms with van der Waals surface area (Å²) in [6, 6.07) is 0. The van der Waals surface area contributed by atoms with Crippen molar-refractivity contribution in [2.75, 3.05) is 25.0 Å². The number of hydrogen-bond donors (Lipinski definition) is 1. The van der Waals surface area contributed by atoms with E-state index < -0.39 is 0 Å². The topological polar surface area (TPSA) is 23.5 Å². The Labute approximate surface area is 83.1 Å². The molecule has 3 heteroatoms. The Morgan fingerprint density at radius 2 is 2.25 bits per heavy atom. The maximum Gasteiger partial charge on any atom is 0.0670 e. The Morgan fingerprint density at radius 3 is 2.83 bits per heavy atom. The van der Waals surface area contributed by atoms with Crippen molar-refractivity contribution in [3.63, 3.8) is 0 Å². The van der Waals surface area contributed by atoms with E-state index in [4.69, 9.17) is 0 Å². The number of aliphatic hydroxyl groups excluding tert-OH is 1. The summed E-state index contributed by atoms with van der Waals surface area (Å²) in [6.07, 6.45) is 2.06. The van der Waals surface area contributed by atoms with Crippen LogP contribution in [-0.4, -0.2) is 41.1 Å². The van der Waals surface area contributed by atoms with Gasteiger partial charge in [0.05, 0.1) is 6.10 Å². The molecule has 2 unspecified atom stereocenters. The number of halogens is 1. The van der Waals surface area contributed by atoms with Crippen molar-refractivity contribution >= 4 is 15.9 Å². The van der Waals surface area contributed by atoms with Crippen LogP contribution in [0.4, 0.5) is 0 Å². The number of aliphatic hydroxyl groups is 1. The molecule has 1 aliphatic heterocycles. The summed E-state index contributed by atoms with van der Waals surface area (Å²) < 4.78 is 0. The average molecular weight is 236 g/mol. The fourth-order valence-corrected chi connectivity index (χ4v) is 2.14. The molecule has 0 saturated carbocycles. The van der Waals surface area contributed by atoms with E-state index in [0.29, 0.717) is 5.92 Å². The van der Waals surface area contributed by atoms with Crippen LogP contribution in [0.15, 0.2) is 0 Å². The molecule has 1 aliphatic rings. The van der Waals surface area contributed by atoms with Gasteiger partial charge in [-0.25, -0.2) is 0 Å². The van der Waals surface area contributed by atoms with Crippen LogP contribution >= 0.6 is 15.9 Å². The largest absolute Gasteiger partial charge is 0.392 e. The number of hydrogen-bond acceptors (Lipinski definition) is 2. The van der Waals surface area contributed by atoms with Crippen molar-refractivity contribution in [1.82, 2.24) is 4.90 Å². The molecule has 0 bridgehead atoms. The van der Waals surface area contributed by atoms with Crippen LogP contribution in [0.2, 0.25) is 0 Å². The van der Waals surface area contributed by atoms with Crippen molar-refractivity contribution in [2.24, 2.45) is 5.92 Å². The van der Waals surface area contributed by atoms with Gasteiger partial charge in [0.25, 0.3) is 0 Å². The van der Waals surface area contributed by atoms with Gasteiger partial charge in [0, 0.05) is 18.4 Å². The monoisotopic (exact) mass is 235 g/mol. The normalized spacial score (nSPS) is 32.2. The molecule has 1 N–H and O–H groups in total. The van der Waals surface area contributed by atoms with E-state index in [1.807, 2.05) is 0 Å². The lowest BCUT2D eigenvalue weighted by atomic mass is 9.98. The standard InChI is InChI=1S/C9H18BrNO/c1-8-5-9(12)7-11(6-8)4-2-3-10/h8-9,12H,2-7H2,1H3. The molecule has 0 aromatic carbocycles. The summed E-state index contributed by atoms with van der Waals surface area (Å²) in [5, 5.41) is 10.6. The van der Waals surface area contributed by atoms with E-state index in [1.165, 1.54) is 6.42 Å². The molecule has 0 radical (unpaired) electrons. The lowest BCUT2D eigenvalue weighted by Crippen LogP contribution is -2.42. The van der Waals surface area contributed by atoms with E-state index in [0.717, 1.165) is 31.4 Å². The fourth-order valence-electron chi connectivity index (χ4n) is 1.89. The molecular formula is C9H18BrNO. The molecule has 0 aromatic heterocycles. The zero-order valence-corrected chi connectivity index (χ0v) is 9.26. The van der Waals surface area contributed by atoms with Gasteiger partial charge in [-0.2, -0.15) is 0 Å². The van der Waals surface area contributed by atoms with Gasteiger partial charge in [-0.05, 0) is 25.3 Å². The number of piperidine rings is 1. The van der Waals surface area contributed by atoms with Gasteiger partial charge in [0.2, 0.25) is 0 Å². The van der Waals surface area contributed by atoms with Crippen LogP contribution in [-0.2, 0) is 0 Å². The van der Waals surface area contributed by atoms with Crippen molar-refractivity contribution in [2.45, 2.75) is 25.9 Å². The van der Waals surface area contributed by atoms with Gasteiger partial charge in [0.1, 0.15) is 0 Å². The maximum atomic E-state index is 9.50. The van der Waals surface area contributed by atoms with Crippen molar-refractivity contribution in [3.8, 4) is 0 Å². The number of β-amino-alcohol motifs (C(OH)–C–C–N with tert-alkyl or cyclic N) is 1. The molecule has 0 aromatic rings. The predicted octanol–water partition coefficient (Wildman–Crippen LogP) is 1.47. The molecular weight excluding hydrogens is 218 g/mol. The van der Waals surface area contributed by atoms with E-state index in [1.54, 1.807) is 0 Å². The Morgan fingerprint density at radius 1 is 1.50 bits per heavy atom. The van der Waals surface area contributed by atoms with Crippen LogP contribution in [0.1, 0.15) is 19.8 Å². The molecule has 0 amide bonds. The lowest BCUT2D eigenvalue weighted by Gasteiger charge is -2.33. The van der Waals surface area contributed by atoms with Gasteiger partial charge in [-0.1, -0.05) is 22.9 Å². The third-order valence-electron chi connectivity index (χ3n) is 2.32. The minimum Gasteiger partial charge on any atom is -0.392 e. The fraction of sp³-hybridized carbons (Fsp3) is 1.00. The Kier molecular flexibility index (Phi) is 4.54. The molecule has 1 rings (SSSR count). The highest BCUT2D eigenvalue weighted by molar-refractivity contribution is 9.09. The van der Waals surface area contributed by atoms with Crippen LogP contribution in [0, 0.1) is 5.92 Å². The van der Waals surface area contributed by atoms with Crippen LogP contribution in [0.5, 0.6) is 0 Å². The Hall–Kier alpha value is 0.400. The molecule has 1 heterocycles. The second-order valence-corrected chi connectivity index (χ2v) is 4.59. The molecule has 0 spiro atoms. The third kappa shape index (κ3) is 3.42. The SMILES string of the molecule is CC1CC(O)CN(CCCBr)C1. The third-order valence-corrected chi connectivity index (χ3v) is 2.88. The van der Waals surface area contributed by atoms with Crippen molar-refractivity contribution < 1.29 is 5.11 Å². The molecule has 12 heavy (non-hydrogen) atoms. The van der Waals surface area contributed by atoms with Crippen molar-refractivity contribution in [1.29, 1.82) is 0 Å².